The summed E-state index contributed by atoms with van der Waals surface area (Å²) in [6.45, 7) is 1.81. The summed E-state index contributed by atoms with van der Waals surface area (Å²) in [6.07, 6.45) is 1.79. The van der Waals surface area contributed by atoms with Crippen molar-refractivity contribution in [3.8, 4) is 17.0 Å². The maximum atomic E-state index is 13.5. The smallest absolute Gasteiger partial charge is 0.296 e. The molecule has 1 amide bonds. The van der Waals surface area contributed by atoms with E-state index >= 15 is 0 Å². The molecule has 6 rings (SSSR count). The van der Waals surface area contributed by atoms with Gasteiger partial charge in [0.1, 0.15) is 11.2 Å². The Morgan fingerprint density at radius 1 is 0.973 bits per heavy atom. The number of carbonyl (C=O) groups is 1. The Hall–Kier alpha value is -4.21. The second-order valence-electron chi connectivity index (χ2n) is 8.58. The fraction of sp³-hybridized carbons (Fsp3) is 0.0714. The molecule has 1 saturated heterocycles. The van der Waals surface area contributed by atoms with Crippen molar-refractivity contribution in [1.29, 1.82) is 0 Å². The summed E-state index contributed by atoms with van der Waals surface area (Å²) in [4.78, 5) is 28.8. The van der Waals surface area contributed by atoms with E-state index in [9.17, 15) is 9.59 Å². The van der Waals surface area contributed by atoms with Crippen molar-refractivity contribution in [3.05, 3.63) is 105 Å². The lowest BCUT2D eigenvalue weighted by Gasteiger charge is -2.12. The number of benzene rings is 3. The summed E-state index contributed by atoms with van der Waals surface area (Å²) in [6, 6.07) is 24.7. The Morgan fingerprint density at radius 2 is 1.68 bits per heavy atom. The van der Waals surface area contributed by atoms with Gasteiger partial charge in [-0.15, -0.1) is 0 Å². The number of anilines is 1. The number of thioether (sulfide) groups is 1. The molecule has 1 aliphatic heterocycles. The first-order valence-corrected chi connectivity index (χ1v) is 12.7. The van der Waals surface area contributed by atoms with Gasteiger partial charge in [-0.1, -0.05) is 83.7 Å². The van der Waals surface area contributed by atoms with Crippen LogP contribution in [0.4, 0.5) is 5.69 Å². The molecule has 0 spiro atoms. The zero-order valence-corrected chi connectivity index (χ0v) is 21.5. The summed E-state index contributed by atoms with van der Waals surface area (Å²) in [5, 5.41) is 5.01. The van der Waals surface area contributed by atoms with Crippen LogP contribution in [0.5, 0.6) is 0 Å². The molecular weight excluding hydrogens is 504 g/mol. The average Bonchev–Trinajstić information content (AvgIpc) is 3.52. The van der Waals surface area contributed by atoms with Gasteiger partial charge in [-0.25, -0.2) is 4.68 Å². The Labute approximate surface area is 221 Å². The molecular formula is C28H20N4O3S2. The molecule has 3 aromatic carbocycles. The molecule has 3 heterocycles. The molecule has 1 aliphatic rings. The second-order valence-corrected chi connectivity index (χ2v) is 10.3. The Morgan fingerprint density at radius 3 is 2.41 bits per heavy atom. The van der Waals surface area contributed by atoms with Crippen molar-refractivity contribution in [3.63, 3.8) is 0 Å². The van der Waals surface area contributed by atoms with Crippen LogP contribution in [0.1, 0.15) is 11.3 Å². The van der Waals surface area contributed by atoms with Crippen molar-refractivity contribution in [2.24, 2.45) is 7.05 Å². The SMILES string of the molecule is Cc1c(N2C(=O)/C(=C/c3ccc4noc(-c5ccccc5)c4c3)SC2=S)c(=O)n(-c2ccccc2)n1C. The van der Waals surface area contributed by atoms with E-state index in [1.165, 1.54) is 21.3 Å². The molecule has 182 valence electrons. The number of nitrogens with zero attached hydrogens (tertiary/aromatic N) is 4. The molecule has 37 heavy (non-hydrogen) atoms. The number of para-hydroxylation sites is 1. The van der Waals surface area contributed by atoms with Crippen LogP contribution in [0.15, 0.2) is 93.1 Å². The summed E-state index contributed by atoms with van der Waals surface area (Å²) >= 11 is 6.75. The topological polar surface area (TPSA) is 73.3 Å². The Kier molecular flexibility index (Phi) is 5.66. The quantitative estimate of drug-likeness (QED) is 0.222. The van der Waals surface area contributed by atoms with Crippen LogP contribution in [0.25, 0.3) is 34.0 Å². The van der Waals surface area contributed by atoms with Crippen molar-refractivity contribution < 1.29 is 9.32 Å². The summed E-state index contributed by atoms with van der Waals surface area (Å²) in [5.74, 6) is 0.342. The van der Waals surface area contributed by atoms with E-state index in [1.807, 2.05) is 85.8 Å². The van der Waals surface area contributed by atoms with E-state index in [1.54, 1.807) is 17.8 Å². The first-order valence-electron chi connectivity index (χ1n) is 11.5. The van der Waals surface area contributed by atoms with Crippen LogP contribution in [-0.4, -0.2) is 24.7 Å². The van der Waals surface area contributed by atoms with E-state index in [0.717, 1.165) is 22.0 Å². The minimum absolute atomic E-state index is 0.262. The van der Waals surface area contributed by atoms with Crippen molar-refractivity contribution in [2.45, 2.75) is 6.92 Å². The number of hydrogen-bond donors (Lipinski definition) is 0. The van der Waals surface area contributed by atoms with Crippen LogP contribution >= 0.6 is 24.0 Å². The van der Waals surface area contributed by atoms with Gasteiger partial charge >= 0.3 is 0 Å². The molecule has 0 N–H and O–H groups in total. The molecule has 9 heteroatoms. The fourth-order valence-electron chi connectivity index (χ4n) is 4.47. The number of rotatable bonds is 4. The lowest BCUT2D eigenvalue weighted by Crippen LogP contribution is -2.33. The number of amides is 1. The lowest BCUT2D eigenvalue weighted by molar-refractivity contribution is -0.113. The van der Waals surface area contributed by atoms with E-state index in [0.29, 0.717) is 26.4 Å². The third-order valence-corrected chi connectivity index (χ3v) is 7.68. The highest BCUT2D eigenvalue weighted by atomic mass is 32.2. The maximum Gasteiger partial charge on any atom is 0.296 e. The molecule has 0 aliphatic carbocycles. The van der Waals surface area contributed by atoms with Crippen LogP contribution < -0.4 is 10.5 Å². The van der Waals surface area contributed by atoms with E-state index in [4.69, 9.17) is 16.7 Å². The zero-order valence-electron chi connectivity index (χ0n) is 19.9. The monoisotopic (exact) mass is 524 g/mol. The van der Waals surface area contributed by atoms with Crippen molar-refractivity contribution in [1.82, 2.24) is 14.5 Å². The van der Waals surface area contributed by atoms with Gasteiger partial charge in [0.25, 0.3) is 11.5 Å². The largest absolute Gasteiger partial charge is 0.355 e. The number of fused-ring (bicyclic) bond motifs is 1. The van der Waals surface area contributed by atoms with Crippen LogP contribution in [0, 0.1) is 6.92 Å². The van der Waals surface area contributed by atoms with Gasteiger partial charge < -0.3 is 4.52 Å². The van der Waals surface area contributed by atoms with Gasteiger partial charge in [0.15, 0.2) is 10.1 Å². The molecule has 0 bridgehead atoms. The molecule has 1 fully saturated rings. The summed E-state index contributed by atoms with van der Waals surface area (Å²) in [5.41, 5.74) is 3.76. The fourth-order valence-corrected chi connectivity index (χ4v) is 5.74. The average molecular weight is 525 g/mol. The van der Waals surface area contributed by atoms with E-state index in [-0.39, 0.29) is 17.2 Å². The van der Waals surface area contributed by atoms with E-state index in [2.05, 4.69) is 5.16 Å². The van der Waals surface area contributed by atoms with Gasteiger partial charge in [0.2, 0.25) is 0 Å². The number of carbonyl (C=O) groups excluding carboxylic acids is 1. The van der Waals surface area contributed by atoms with Gasteiger partial charge in [0.05, 0.1) is 21.7 Å². The predicted octanol–water partition coefficient (Wildman–Crippen LogP) is 5.70. The second kappa shape index (κ2) is 9.02. The minimum Gasteiger partial charge on any atom is -0.355 e. The van der Waals surface area contributed by atoms with Crippen LogP contribution in [0.2, 0.25) is 0 Å². The van der Waals surface area contributed by atoms with Gasteiger partial charge in [-0.3, -0.25) is 19.2 Å². The Balaban J connectivity index is 1.39. The molecule has 0 unspecified atom stereocenters. The summed E-state index contributed by atoms with van der Waals surface area (Å²) < 4.78 is 9.20. The first kappa shape index (κ1) is 23.2. The maximum absolute atomic E-state index is 13.5. The first-order chi connectivity index (χ1) is 17.9. The third kappa shape index (κ3) is 3.83. The van der Waals surface area contributed by atoms with Crippen molar-refractivity contribution >= 4 is 56.9 Å². The summed E-state index contributed by atoms with van der Waals surface area (Å²) in [7, 11) is 1.79. The van der Waals surface area contributed by atoms with Gasteiger partial charge in [0, 0.05) is 12.6 Å². The molecule has 5 aromatic rings. The molecule has 2 aromatic heterocycles. The number of hydrogen-bond acceptors (Lipinski definition) is 6. The molecule has 7 nitrogen and oxygen atoms in total. The highest BCUT2D eigenvalue weighted by Crippen LogP contribution is 2.37. The Bertz CT molecular complexity index is 1780. The highest BCUT2D eigenvalue weighted by molar-refractivity contribution is 8.27. The lowest BCUT2D eigenvalue weighted by atomic mass is 10.1. The molecule has 0 atom stereocenters. The predicted molar refractivity (Wildman–Crippen MR) is 151 cm³/mol. The number of aromatic nitrogens is 3. The zero-order chi connectivity index (χ0) is 25.7. The van der Waals surface area contributed by atoms with Crippen LogP contribution in [-0.2, 0) is 11.8 Å². The minimum atomic E-state index is -0.324. The van der Waals surface area contributed by atoms with E-state index < -0.39 is 0 Å². The number of thiocarbonyl (C=S) groups is 1. The van der Waals surface area contributed by atoms with Gasteiger partial charge in [-0.2, -0.15) is 0 Å². The molecule has 0 radical (unpaired) electrons. The van der Waals surface area contributed by atoms with Gasteiger partial charge in [-0.05, 0) is 42.8 Å². The standard InChI is InChI=1S/C28H20N4O3S2/c1-17-24(27(34)32(30(17)2)20-11-7-4-8-12-20)31-26(33)23(37-28(31)36)16-18-13-14-22-21(15-18)25(35-29-22)19-9-5-3-6-10-19/h3-16H,1-2H3/b23-16-. The normalized spacial score (nSPS) is 14.9. The third-order valence-electron chi connectivity index (χ3n) is 6.38. The molecule has 0 saturated carbocycles. The highest BCUT2D eigenvalue weighted by Gasteiger charge is 2.37. The van der Waals surface area contributed by atoms with Crippen molar-refractivity contribution in [2.75, 3.05) is 4.90 Å². The van der Waals surface area contributed by atoms with Crippen LogP contribution in [0.3, 0.4) is 0 Å².